The average molecular weight is 265 g/mol. The summed E-state index contributed by atoms with van der Waals surface area (Å²) < 4.78 is 13.1. The van der Waals surface area contributed by atoms with Crippen molar-refractivity contribution >= 4 is 17.0 Å². The molecule has 0 fully saturated rings. The molecule has 0 aliphatic rings. The zero-order valence-corrected chi connectivity index (χ0v) is 11.2. The number of anilines is 1. The molecule has 2 nitrogen and oxygen atoms in total. The first-order chi connectivity index (χ1) is 8.63. The van der Waals surface area contributed by atoms with Crippen LogP contribution in [0, 0.1) is 5.82 Å². The molecule has 1 atom stereocenters. The van der Waals surface area contributed by atoms with Crippen molar-refractivity contribution in [3.63, 3.8) is 0 Å². The molecular formula is C14H16FNOS. The van der Waals surface area contributed by atoms with Crippen LogP contribution in [0.15, 0.2) is 35.7 Å². The summed E-state index contributed by atoms with van der Waals surface area (Å²) in [4.78, 5) is 3.29. The van der Waals surface area contributed by atoms with Gasteiger partial charge in [0.15, 0.2) is 0 Å². The molecule has 1 N–H and O–H groups in total. The van der Waals surface area contributed by atoms with Crippen LogP contribution in [0.25, 0.3) is 0 Å². The first-order valence-electron chi connectivity index (χ1n) is 5.79. The molecule has 96 valence electrons. The number of hydrogen-bond donors (Lipinski definition) is 1. The van der Waals surface area contributed by atoms with Crippen LogP contribution in [0.1, 0.15) is 23.4 Å². The minimum atomic E-state index is -0.319. The normalized spacial score (nSPS) is 12.4. The van der Waals surface area contributed by atoms with E-state index in [-0.39, 0.29) is 18.5 Å². The van der Waals surface area contributed by atoms with Gasteiger partial charge in [0.1, 0.15) is 5.82 Å². The number of halogens is 1. The van der Waals surface area contributed by atoms with E-state index in [1.54, 1.807) is 17.4 Å². The smallest absolute Gasteiger partial charge is 0.123 e. The second-order valence-electron chi connectivity index (χ2n) is 4.23. The van der Waals surface area contributed by atoms with Crippen molar-refractivity contribution in [2.45, 2.75) is 19.6 Å². The maximum absolute atomic E-state index is 13.1. The lowest BCUT2D eigenvalue weighted by Crippen LogP contribution is -2.22. The molecule has 1 aromatic heterocycles. The van der Waals surface area contributed by atoms with Crippen molar-refractivity contribution in [2.75, 3.05) is 11.9 Å². The Morgan fingerprint density at radius 1 is 1.39 bits per heavy atom. The maximum atomic E-state index is 13.1. The van der Waals surface area contributed by atoms with Crippen molar-refractivity contribution in [1.29, 1.82) is 0 Å². The minimum Gasteiger partial charge on any atom is -0.392 e. The topological polar surface area (TPSA) is 23.5 Å². The Balaban J connectivity index is 2.31. The van der Waals surface area contributed by atoms with E-state index in [1.165, 1.54) is 17.0 Å². The van der Waals surface area contributed by atoms with E-state index in [1.807, 2.05) is 18.5 Å². The molecule has 1 unspecified atom stereocenters. The van der Waals surface area contributed by atoms with Gasteiger partial charge in [0.25, 0.3) is 0 Å². The van der Waals surface area contributed by atoms with Crippen molar-refractivity contribution in [2.24, 2.45) is 0 Å². The zero-order valence-electron chi connectivity index (χ0n) is 10.4. The van der Waals surface area contributed by atoms with E-state index in [2.05, 4.69) is 17.9 Å². The van der Waals surface area contributed by atoms with Gasteiger partial charge in [0, 0.05) is 23.2 Å². The minimum absolute atomic E-state index is 0.158. The molecule has 0 amide bonds. The summed E-state index contributed by atoms with van der Waals surface area (Å²) in [7, 11) is 1.96. The van der Waals surface area contributed by atoms with E-state index >= 15 is 0 Å². The van der Waals surface area contributed by atoms with Crippen LogP contribution in [0.5, 0.6) is 0 Å². The van der Waals surface area contributed by atoms with Gasteiger partial charge in [-0.05, 0) is 36.6 Å². The number of rotatable bonds is 4. The summed E-state index contributed by atoms with van der Waals surface area (Å²) >= 11 is 1.69. The summed E-state index contributed by atoms with van der Waals surface area (Å²) in [5, 5.41) is 11.4. The third-order valence-corrected chi connectivity index (χ3v) is 4.17. The van der Waals surface area contributed by atoms with Crippen LogP contribution in [0.3, 0.4) is 0 Å². The average Bonchev–Trinajstić information content (AvgIpc) is 2.90. The van der Waals surface area contributed by atoms with Gasteiger partial charge in [-0.3, -0.25) is 0 Å². The quantitative estimate of drug-likeness (QED) is 0.913. The van der Waals surface area contributed by atoms with Crippen LogP contribution in [-0.2, 0) is 6.61 Å². The van der Waals surface area contributed by atoms with Crippen molar-refractivity contribution in [1.82, 2.24) is 0 Å². The van der Waals surface area contributed by atoms with Gasteiger partial charge in [-0.2, -0.15) is 0 Å². The molecule has 0 saturated heterocycles. The molecule has 1 aromatic carbocycles. The van der Waals surface area contributed by atoms with E-state index in [9.17, 15) is 9.50 Å². The number of hydrogen-bond acceptors (Lipinski definition) is 3. The first kappa shape index (κ1) is 13.1. The highest BCUT2D eigenvalue weighted by molar-refractivity contribution is 7.10. The third-order valence-electron chi connectivity index (χ3n) is 3.13. The summed E-state index contributed by atoms with van der Waals surface area (Å²) in [6.45, 7) is 1.94. The molecule has 2 aromatic rings. The fraction of sp³-hybridized carbons (Fsp3) is 0.286. The van der Waals surface area contributed by atoms with Crippen LogP contribution in [-0.4, -0.2) is 12.2 Å². The van der Waals surface area contributed by atoms with Gasteiger partial charge in [-0.25, -0.2) is 4.39 Å². The number of aliphatic hydroxyl groups is 1. The van der Waals surface area contributed by atoms with Crippen molar-refractivity contribution in [3.8, 4) is 0 Å². The summed E-state index contributed by atoms with van der Waals surface area (Å²) in [6, 6.07) is 8.81. The predicted octanol–water partition coefficient (Wildman–Crippen LogP) is 3.58. The molecular weight excluding hydrogens is 249 g/mol. The second kappa shape index (κ2) is 5.50. The van der Waals surface area contributed by atoms with Crippen LogP contribution in [0.4, 0.5) is 10.1 Å². The van der Waals surface area contributed by atoms with Crippen LogP contribution >= 0.6 is 11.3 Å². The molecule has 0 bridgehead atoms. The number of thiophene rings is 1. The molecule has 18 heavy (non-hydrogen) atoms. The summed E-state index contributed by atoms with van der Waals surface area (Å²) in [5.41, 5.74) is 1.47. The van der Waals surface area contributed by atoms with Crippen LogP contribution < -0.4 is 4.90 Å². The highest BCUT2D eigenvalue weighted by atomic mass is 32.1. The molecule has 2 rings (SSSR count). The lowest BCUT2D eigenvalue weighted by molar-refractivity contribution is 0.281. The van der Waals surface area contributed by atoms with Gasteiger partial charge in [0.05, 0.1) is 12.6 Å². The SMILES string of the molecule is CC(c1cccs1)N(C)c1ccc(F)cc1CO. The number of aliphatic hydroxyl groups excluding tert-OH is 1. The third kappa shape index (κ3) is 2.54. The molecule has 1 heterocycles. The Hall–Kier alpha value is -1.39. The van der Waals surface area contributed by atoms with Crippen molar-refractivity contribution in [3.05, 3.63) is 52.0 Å². The Kier molecular flexibility index (Phi) is 3.99. The molecule has 0 aliphatic heterocycles. The van der Waals surface area contributed by atoms with E-state index in [4.69, 9.17) is 0 Å². The van der Waals surface area contributed by atoms with E-state index in [0.29, 0.717) is 5.56 Å². The first-order valence-corrected chi connectivity index (χ1v) is 6.67. The zero-order chi connectivity index (χ0) is 13.1. The fourth-order valence-corrected chi connectivity index (χ4v) is 2.78. The second-order valence-corrected chi connectivity index (χ2v) is 5.21. The number of nitrogens with zero attached hydrogens (tertiary/aromatic N) is 1. The largest absolute Gasteiger partial charge is 0.392 e. The monoisotopic (exact) mass is 265 g/mol. The van der Waals surface area contributed by atoms with E-state index < -0.39 is 0 Å². The molecule has 0 spiro atoms. The lowest BCUT2D eigenvalue weighted by Gasteiger charge is -2.28. The Morgan fingerprint density at radius 3 is 2.78 bits per heavy atom. The molecule has 0 saturated carbocycles. The van der Waals surface area contributed by atoms with Crippen LogP contribution in [0.2, 0.25) is 0 Å². The van der Waals surface area contributed by atoms with Gasteiger partial charge in [-0.15, -0.1) is 11.3 Å². The maximum Gasteiger partial charge on any atom is 0.123 e. The summed E-state index contributed by atoms with van der Waals surface area (Å²) in [5.74, 6) is -0.319. The Morgan fingerprint density at radius 2 is 2.17 bits per heavy atom. The van der Waals surface area contributed by atoms with Crippen molar-refractivity contribution < 1.29 is 9.50 Å². The lowest BCUT2D eigenvalue weighted by atomic mass is 10.1. The Bertz CT molecular complexity index is 513. The Labute approximate surface area is 110 Å². The van der Waals surface area contributed by atoms with Gasteiger partial charge in [0.2, 0.25) is 0 Å². The summed E-state index contributed by atoms with van der Waals surface area (Å²) in [6.07, 6.45) is 0. The highest BCUT2D eigenvalue weighted by Crippen LogP contribution is 2.30. The van der Waals surface area contributed by atoms with E-state index in [0.717, 1.165) is 5.69 Å². The predicted molar refractivity (Wildman–Crippen MR) is 73.5 cm³/mol. The highest BCUT2D eigenvalue weighted by Gasteiger charge is 2.16. The fourth-order valence-electron chi connectivity index (χ4n) is 1.95. The van der Waals surface area contributed by atoms with Gasteiger partial charge in [-0.1, -0.05) is 6.07 Å². The van der Waals surface area contributed by atoms with Gasteiger partial charge >= 0.3 is 0 Å². The molecule has 0 aliphatic carbocycles. The van der Waals surface area contributed by atoms with Gasteiger partial charge < -0.3 is 10.0 Å². The number of benzene rings is 1. The standard InChI is InChI=1S/C14H16FNOS/c1-10(14-4-3-7-18-14)16(2)13-6-5-12(15)8-11(13)9-17/h3-8,10,17H,9H2,1-2H3. The molecule has 4 heteroatoms. The molecule has 0 radical (unpaired) electrons.